The highest BCUT2D eigenvalue weighted by molar-refractivity contribution is 6.29. The number of rotatable bonds is 2. The lowest BCUT2D eigenvalue weighted by atomic mass is 9.84. The van der Waals surface area contributed by atoms with Crippen LogP contribution in [0.5, 0.6) is 0 Å². The summed E-state index contributed by atoms with van der Waals surface area (Å²) in [6, 6.07) is 3.16. The molecule has 5 nitrogen and oxygen atoms in total. The summed E-state index contributed by atoms with van der Waals surface area (Å²) in [5.41, 5.74) is 5.94. The van der Waals surface area contributed by atoms with Crippen LogP contribution in [-0.4, -0.2) is 22.1 Å². The average molecular weight is 255 g/mol. The van der Waals surface area contributed by atoms with Crippen LogP contribution in [0.3, 0.4) is 0 Å². The molecule has 3 N–H and O–H groups in total. The van der Waals surface area contributed by atoms with E-state index < -0.39 is 0 Å². The molecule has 92 valence electrons. The van der Waals surface area contributed by atoms with Crippen LogP contribution in [0, 0.1) is 5.92 Å². The highest BCUT2D eigenvalue weighted by Gasteiger charge is 2.28. The molecule has 6 heteroatoms. The Morgan fingerprint density at radius 3 is 2.76 bits per heavy atom. The summed E-state index contributed by atoms with van der Waals surface area (Å²) < 4.78 is 0. The topological polar surface area (TPSA) is 80.9 Å². The van der Waals surface area contributed by atoms with Crippen LogP contribution in [0.1, 0.15) is 25.7 Å². The Balaban J connectivity index is 1.98. The van der Waals surface area contributed by atoms with Crippen molar-refractivity contribution in [3.05, 3.63) is 17.3 Å². The number of nitrogens with one attached hydrogen (secondary N) is 1. The van der Waals surface area contributed by atoms with Crippen molar-refractivity contribution in [3.8, 4) is 0 Å². The van der Waals surface area contributed by atoms with Crippen LogP contribution in [0.2, 0.25) is 5.15 Å². The first-order valence-corrected chi connectivity index (χ1v) is 6.10. The normalized spacial score (nSPS) is 24.4. The molecule has 2 atom stereocenters. The molecule has 2 unspecified atom stereocenters. The van der Waals surface area contributed by atoms with Gasteiger partial charge in [0.2, 0.25) is 5.91 Å². The minimum absolute atomic E-state index is 0.0518. The maximum absolute atomic E-state index is 12.0. The molecule has 1 aliphatic carbocycles. The second-order valence-electron chi connectivity index (χ2n) is 4.29. The molecule has 0 bridgehead atoms. The number of nitrogens with zero attached hydrogens (tertiary/aromatic N) is 2. The van der Waals surface area contributed by atoms with Gasteiger partial charge in [0.25, 0.3) is 0 Å². The fourth-order valence-corrected chi connectivity index (χ4v) is 2.19. The van der Waals surface area contributed by atoms with Gasteiger partial charge in [-0.25, -0.2) is 0 Å². The predicted octanol–water partition coefficient (Wildman–Crippen LogP) is 1.59. The predicted molar refractivity (Wildman–Crippen MR) is 65.6 cm³/mol. The molecule has 1 heterocycles. The van der Waals surface area contributed by atoms with E-state index in [4.69, 9.17) is 17.3 Å². The van der Waals surface area contributed by atoms with E-state index in [2.05, 4.69) is 15.5 Å². The third kappa shape index (κ3) is 3.14. The fourth-order valence-electron chi connectivity index (χ4n) is 2.09. The molecule has 17 heavy (non-hydrogen) atoms. The second kappa shape index (κ2) is 5.42. The summed E-state index contributed by atoms with van der Waals surface area (Å²) in [6.45, 7) is 0. The van der Waals surface area contributed by atoms with Gasteiger partial charge in [0.1, 0.15) is 0 Å². The Labute approximate surface area is 105 Å². The second-order valence-corrected chi connectivity index (χ2v) is 4.67. The lowest BCUT2D eigenvalue weighted by Gasteiger charge is -2.27. The number of hydrogen-bond acceptors (Lipinski definition) is 4. The van der Waals surface area contributed by atoms with E-state index in [1.165, 1.54) is 0 Å². The minimum Gasteiger partial charge on any atom is -0.327 e. The van der Waals surface area contributed by atoms with Gasteiger partial charge in [0.05, 0.1) is 5.92 Å². The van der Waals surface area contributed by atoms with Crippen molar-refractivity contribution < 1.29 is 4.79 Å². The molecule has 0 saturated heterocycles. The lowest BCUT2D eigenvalue weighted by molar-refractivity contribution is -0.121. The minimum atomic E-state index is -0.124. The van der Waals surface area contributed by atoms with Gasteiger partial charge in [-0.2, -0.15) is 0 Å². The number of halogens is 1. The molecule has 2 rings (SSSR count). The van der Waals surface area contributed by atoms with Gasteiger partial charge in [0.15, 0.2) is 11.0 Å². The number of aromatic nitrogens is 2. The van der Waals surface area contributed by atoms with Gasteiger partial charge in [-0.3, -0.25) is 4.79 Å². The first-order valence-electron chi connectivity index (χ1n) is 5.72. The number of carbonyl (C=O) groups excluding carboxylic acids is 1. The summed E-state index contributed by atoms with van der Waals surface area (Å²) in [5, 5.41) is 10.5. The molecule has 1 aliphatic rings. The van der Waals surface area contributed by atoms with Crippen molar-refractivity contribution in [1.29, 1.82) is 0 Å². The number of carbonyl (C=O) groups is 1. The fraction of sp³-hybridized carbons (Fsp3) is 0.545. The zero-order valence-electron chi connectivity index (χ0n) is 9.40. The van der Waals surface area contributed by atoms with Crippen molar-refractivity contribution in [3.63, 3.8) is 0 Å². The molecular formula is C11H15ClN4O. The Morgan fingerprint density at radius 1 is 1.35 bits per heavy atom. The zero-order valence-corrected chi connectivity index (χ0v) is 10.2. The van der Waals surface area contributed by atoms with Crippen LogP contribution >= 0.6 is 11.6 Å². The van der Waals surface area contributed by atoms with Crippen molar-refractivity contribution in [2.75, 3.05) is 5.32 Å². The van der Waals surface area contributed by atoms with Gasteiger partial charge in [0, 0.05) is 6.04 Å². The molecule has 1 fully saturated rings. The molecule has 0 spiro atoms. The van der Waals surface area contributed by atoms with E-state index >= 15 is 0 Å². The van der Waals surface area contributed by atoms with Gasteiger partial charge < -0.3 is 11.1 Å². The van der Waals surface area contributed by atoms with Crippen LogP contribution in [0.25, 0.3) is 0 Å². The number of nitrogens with two attached hydrogens (primary N) is 1. The van der Waals surface area contributed by atoms with Crippen molar-refractivity contribution in [2.24, 2.45) is 11.7 Å². The molecular weight excluding hydrogens is 240 g/mol. The van der Waals surface area contributed by atoms with E-state index in [0.29, 0.717) is 11.0 Å². The maximum atomic E-state index is 12.0. The van der Waals surface area contributed by atoms with Gasteiger partial charge in [-0.15, -0.1) is 10.2 Å². The molecule has 0 radical (unpaired) electrons. The smallest absolute Gasteiger partial charge is 0.230 e. The van der Waals surface area contributed by atoms with Crippen LogP contribution in [0.4, 0.5) is 5.82 Å². The lowest BCUT2D eigenvalue weighted by Crippen LogP contribution is -2.40. The third-order valence-electron chi connectivity index (χ3n) is 3.04. The highest BCUT2D eigenvalue weighted by atomic mass is 35.5. The van der Waals surface area contributed by atoms with E-state index in [1.807, 2.05) is 0 Å². The van der Waals surface area contributed by atoms with Crippen LogP contribution in [-0.2, 0) is 4.79 Å². The summed E-state index contributed by atoms with van der Waals surface area (Å²) >= 11 is 5.61. The zero-order chi connectivity index (χ0) is 12.3. The van der Waals surface area contributed by atoms with Crippen LogP contribution < -0.4 is 11.1 Å². The SMILES string of the molecule is NC1CCCCC1C(=O)Nc1ccc(Cl)nn1. The van der Waals surface area contributed by atoms with Crippen molar-refractivity contribution in [2.45, 2.75) is 31.7 Å². The first kappa shape index (κ1) is 12.3. The van der Waals surface area contributed by atoms with Gasteiger partial charge >= 0.3 is 0 Å². The van der Waals surface area contributed by atoms with Gasteiger partial charge in [-0.05, 0) is 25.0 Å². The third-order valence-corrected chi connectivity index (χ3v) is 3.24. The van der Waals surface area contributed by atoms with Crippen molar-refractivity contribution in [1.82, 2.24) is 10.2 Å². The summed E-state index contributed by atoms with van der Waals surface area (Å²) in [7, 11) is 0. The Hall–Kier alpha value is -1.20. The van der Waals surface area contributed by atoms with E-state index in [9.17, 15) is 4.79 Å². The molecule has 1 amide bonds. The van der Waals surface area contributed by atoms with Gasteiger partial charge in [-0.1, -0.05) is 24.4 Å². The quantitative estimate of drug-likeness (QED) is 0.840. The molecule has 1 aromatic rings. The van der Waals surface area contributed by atoms with E-state index in [-0.39, 0.29) is 17.9 Å². The Morgan fingerprint density at radius 2 is 2.12 bits per heavy atom. The number of amides is 1. The number of hydrogen-bond donors (Lipinski definition) is 2. The molecule has 0 aliphatic heterocycles. The standard InChI is InChI=1S/C11H15ClN4O/c12-9-5-6-10(16-15-9)14-11(17)7-3-1-2-4-8(7)13/h5-8H,1-4,13H2,(H,14,16,17). The van der Waals surface area contributed by atoms with Crippen molar-refractivity contribution >= 4 is 23.3 Å². The maximum Gasteiger partial charge on any atom is 0.230 e. The molecule has 0 aromatic carbocycles. The largest absolute Gasteiger partial charge is 0.327 e. The molecule has 1 aromatic heterocycles. The summed E-state index contributed by atoms with van der Waals surface area (Å²) in [4.78, 5) is 12.0. The first-order chi connectivity index (χ1) is 8.16. The monoisotopic (exact) mass is 254 g/mol. The summed E-state index contributed by atoms with van der Waals surface area (Å²) in [6.07, 6.45) is 3.90. The van der Waals surface area contributed by atoms with E-state index in [1.54, 1.807) is 12.1 Å². The highest BCUT2D eigenvalue weighted by Crippen LogP contribution is 2.24. The Bertz CT molecular complexity index is 395. The molecule has 1 saturated carbocycles. The average Bonchev–Trinajstić information content (AvgIpc) is 2.32. The number of anilines is 1. The Kier molecular flexibility index (Phi) is 3.91. The van der Waals surface area contributed by atoms with Crippen LogP contribution in [0.15, 0.2) is 12.1 Å². The van der Waals surface area contributed by atoms with E-state index in [0.717, 1.165) is 25.7 Å². The summed E-state index contributed by atoms with van der Waals surface area (Å²) in [5.74, 6) is 0.215.